The number of aromatic nitrogens is 2. The lowest BCUT2D eigenvalue weighted by Gasteiger charge is -2.32. The molecule has 0 bridgehead atoms. The van der Waals surface area contributed by atoms with Crippen molar-refractivity contribution in [2.24, 2.45) is 11.8 Å². The molecule has 4 rings (SSSR count). The van der Waals surface area contributed by atoms with E-state index in [0.717, 1.165) is 31.3 Å². The van der Waals surface area contributed by atoms with Crippen molar-refractivity contribution in [1.29, 1.82) is 0 Å². The summed E-state index contributed by atoms with van der Waals surface area (Å²) in [4.78, 5) is 34.1. The first-order valence-corrected chi connectivity index (χ1v) is 9.91. The third kappa shape index (κ3) is 3.80. The molecule has 0 aliphatic carbocycles. The Balaban J connectivity index is 1.49. The lowest BCUT2D eigenvalue weighted by molar-refractivity contribution is -0.124. The van der Waals surface area contributed by atoms with Gasteiger partial charge in [-0.3, -0.25) is 14.5 Å². The Bertz CT molecular complexity index is 1050. The van der Waals surface area contributed by atoms with Crippen molar-refractivity contribution < 1.29 is 9.21 Å². The van der Waals surface area contributed by atoms with Crippen molar-refractivity contribution in [2.45, 2.75) is 33.2 Å². The molecule has 0 spiro atoms. The molecule has 7 heteroatoms. The number of furan rings is 1. The van der Waals surface area contributed by atoms with Crippen LogP contribution in [0.15, 0.2) is 33.5 Å². The highest BCUT2D eigenvalue weighted by Crippen LogP contribution is 2.25. The van der Waals surface area contributed by atoms with Gasteiger partial charge in [-0.05, 0) is 37.4 Å². The number of hydrogen-bond donors (Lipinski definition) is 2. The maximum absolute atomic E-state index is 12.5. The highest BCUT2D eigenvalue weighted by atomic mass is 16.3. The number of likely N-dealkylation sites (tertiary alicyclic amines) is 1. The Morgan fingerprint density at radius 2 is 2.21 bits per heavy atom. The Kier molecular flexibility index (Phi) is 5.17. The largest absolute Gasteiger partial charge is 0.449 e. The standard InChI is InChI=1S/C21H26N4O3/c1-13(2)20(26)22-10-14-6-5-9-25(11-14)12-17-23-18-15-7-3-4-8-16(15)28-19(18)21(27)24-17/h3-4,7-8,13-14H,5-6,9-12H2,1-2H3,(H,22,26)(H,23,24,27). The van der Waals surface area contributed by atoms with Crippen LogP contribution in [0.2, 0.25) is 0 Å². The number of nitrogens with zero attached hydrogens (tertiary/aromatic N) is 2. The Morgan fingerprint density at radius 3 is 3.04 bits per heavy atom. The number of amides is 1. The molecule has 1 amide bonds. The molecule has 0 radical (unpaired) electrons. The lowest BCUT2D eigenvalue weighted by atomic mass is 9.97. The molecule has 148 valence electrons. The topological polar surface area (TPSA) is 91.2 Å². The Morgan fingerprint density at radius 1 is 1.39 bits per heavy atom. The van der Waals surface area contributed by atoms with Gasteiger partial charge in [0.25, 0.3) is 5.56 Å². The van der Waals surface area contributed by atoms with Crippen LogP contribution in [0.4, 0.5) is 0 Å². The van der Waals surface area contributed by atoms with Crippen LogP contribution in [0.1, 0.15) is 32.5 Å². The molecule has 1 aromatic carbocycles. The molecule has 0 saturated carbocycles. The molecule has 1 atom stereocenters. The number of H-pyrrole nitrogens is 1. The summed E-state index contributed by atoms with van der Waals surface area (Å²) in [6.07, 6.45) is 2.17. The third-order valence-corrected chi connectivity index (χ3v) is 5.35. The molecule has 1 unspecified atom stereocenters. The van der Waals surface area contributed by atoms with Crippen LogP contribution in [0.3, 0.4) is 0 Å². The number of para-hydroxylation sites is 1. The van der Waals surface area contributed by atoms with Crippen molar-refractivity contribution in [3.63, 3.8) is 0 Å². The van der Waals surface area contributed by atoms with E-state index < -0.39 is 0 Å². The minimum absolute atomic E-state index is 0.00507. The number of piperidine rings is 1. The van der Waals surface area contributed by atoms with Crippen LogP contribution < -0.4 is 10.9 Å². The smallest absolute Gasteiger partial charge is 0.294 e. The number of nitrogens with one attached hydrogen (secondary N) is 2. The van der Waals surface area contributed by atoms with E-state index in [2.05, 4.69) is 20.2 Å². The van der Waals surface area contributed by atoms with Crippen LogP contribution >= 0.6 is 0 Å². The molecule has 1 fully saturated rings. The van der Waals surface area contributed by atoms with Gasteiger partial charge in [-0.15, -0.1) is 0 Å². The van der Waals surface area contributed by atoms with E-state index in [-0.39, 0.29) is 23.0 Å². The van der Waals surface area contributed by atoms with E-state index in [1.165, 1.54) is 0 Å². The predicted molar refractivity (Wildman–Crippen MR) is 108 cm³/mol. The van der Waals surface area contributed by atoms with Crippen LogP contribution in [0.25, 0.3) is 22.1 Å². The first-order chi connectivity index (χ1) is 13.5. The second-order valence-electron chi connectivity index (χ2n) is 7.93. The number of benzene rings is 1. The Labute approximate surface area is 163 Å². The summed E-state index contributed by atoms with van der Waals surface area (Å²) in [5.41, 5.74) is 1.32. The number of carbonyl (C=O) groups is 1. The fourth-order valence-corrected chi connectivity index (χ4v) is 3.84. The van der Waals surface area contributed by atoms with Crippen LogP contribution in [-0.4, -0.2) is 40.4 Å². The summed E-state index contributed by atoms with van der Waals surface area (Å²) < 4.78 is 5.66. The average Bonchev–Trinajstić information content (AvgIpc) is 3.06. The highest BCUT2D eigenvalue weighted by molar-refractivity contribution is 6.01. The zero-order chi connectivity index (χ0) is 19.7. The van der Waals surface area contributed by atoms with E-state index in [9.17, 15) is 9.59 Å². The molecule has 1 aliphatic heterocycles. The zero-order valence-corrected chi connectivity index (χ0v) is 16.3. The van der Waals surface area contributed by atoms with Gasteiger partial charge in [-0.1, -0.05) is 26.0 Å². The number of carbonyl (C=O) groups excluding carboxylic acids is 1. The van der Waals surface area contributed by atoms with Crippen LogP contribution in [0, 0.1) is 11.8 Å². The van der Waals surface area contributed by atoms with Gasteiger partial charge in [0.05, 0.1) is 6.54 Å². The van der Waals surface area contributed by atoms with Crippen molar-refractivity contribution in [3.8, 4) is 0 Å². The summed E-state index contributed by atoms with van der Waals surface area (Å²) in [5, 5.41) is 3.89. The van der Waals surface area contributed by atoms with Crippen molar-refractivity contribution in [1.82, 2.24) is 20.2 Å². The second kappa shape index (κ2) is 7.75. The SMILES string of the molecule is CC(C)C(=O)NCC1CCCN(Cc2nc3c(oc4ccccc43)c(=O)[nH]2)C1. The molecule has 1 saturated heterocycles. The molecular formula is C21H26N4O3. The minimum Gasteiger partial charge on any atom is -0.449 e. The Hall–Kier alpha value is -2.67. The van der Waals surface area contributed by atoms with E-state index in [0.29, 0.717) is 35.9 Å². The van der Waals surface area contributed by atoms with E-state index in [4.69, 9.17) is 4.42 Å². The first kappa shape index (κ1) is 18.7. The number of hydrogen-bond acceptors (Lipinski definition) is 5. The summed E-state index contributed by atoms with van der Waals surface area (Å²) in [7, 11) is 0. The van der Waals surface area contributed by atoms with Gasteiger partial charge in [-0.2, -0.15) is 0 Å². The van der Waals surface area contributed by atoms with Gasteiger partial charge in [0, 0.05) is 24.4 Å². The number of fused-ring (bicyclic) bond motifs is 3. The minimum atomic E-state index is -0.242. The molecule has 3 heterocycles. The normalized spacial score (nSPS) is 18.2. The summed E-state index contributed by atoms with van der Waals surface area (Å²) in [6, 6.07) is 7.56. The van der Waals surface area contributed by atoms with Crippen LogP contribution in [0.5, 0.6) is 0 Å². The van der Waals surface area contributed by atoms with Gasteiger partial charge in [0.2, 0.25) is 11.5 Å². The molecule has 28 heavy (non-hydrogen) atoms. The summed E-state index contributed by atoms with van der Waals surface area (Å²) in [5.74, 6) is 1.17. The molecule has 1 aliphatic rings. The summed E-state index contributed by atoms with van der Waals surface area (Å²) >= 11 is 0. The fourth-order valence-electron chi connectivity index (χ4n) is 3.84. The molecule has 2 aromatic heterocycles. The number of aromatic amines is 1. The quantitative estimate of drug-likeness (QED) is 0.708. The van der Waals surface area contributed by atoms with Crippen molar-refractivity contribution in [2.75, 3.05) is 19.6 Å². The van der Waals surface area contributed by atoms with Crippen LogP contribution in [-0.2, 0) is 11.3 Å². The zero-order valence-electron chi connectivity index (χ0n) is 16.3. The van der Waals surface area contributed by atoms with Gasteiger partial charge in [-0.25, -0.2) is 4.98 Å². The van der Waals surface area contributed by atoms with E-state index in [1.54, 1.807) is 0 Å². The van der Waals surface area contributed by atoms with Crippen molar-refractivity contribution in [3.05, 3.63) is 40.4 Å². The molecule has 7 nitrogen and oxygen atoms in total. The highest BCUT2D eigenvalue weighted by Gasteiger charge is 2.22. The predicted octanol–water partition coefficient (Wildman–Crippen LogP) is 2.65. The third-order valence-electron chi connectivity index (χ3n) is 5.35. The van der Waals surface area contributed by atoms with E-state index >= 15 is 0 Å². The maximum Gasteiger partial charge on any atom is 0.294 e. The van der Waals surface area contributed by atoms with Crippen molar-refractivity contribution >= 4 is 28.0 Å². The van der Waals surface area contributed by atoms with E-state index in [1.807, 2.05) is 38.1 Å². The van der Waals surface area contributed by atoms with Gasteiger partial charge < -0.3 is 14.7 Å². The monoisotopic (exact) mass is 382 g/mol. The molecule has 2 N–H and O–H groups in total. The van der Waals surface area contributed by atoms with Gasteiger partial charge in [0.1, 0.15) is 16.9 Å². The fraction of sp³-hybridized carbons (Fsp3) is 0.476. The summed E-state index contributed by atoms with van der Waals surface area (Å²) in [6.45, 7) is 6.93. The second-order valence-corrected chi connectivity index (χ2v) is 7.93. The van der Waals surface area contributed by atoms with Gasteiger partial charge in [0.15, 0.2) is 0 Å². The molecular weight excluding hydrogens is 356 g/mol. The lowest BCUT2D eigenvalue weighted by Crippen LogP contribution is -2.41. The average molecular weight is 382 g/mol. The first-order valence-electron chi connectivity index (χ1n) is 9.91. The molecule has 3 aromatic rings. The number of rotatable bonds is 5. The van der Waals surface area contributed by atoms with Gasteiger partial charge >= 0.3 is 0 Å². The maximum atomic E-state index is 12.5.